The Hall–Kier alpha value is -2.34. The average molecular weight is 898 g/mol. The molecule has 6 N–H and O–H groups in total. The zero-order valence-corrected chi connectivity index (χ0v) is 37.4. The summed E-state index contributed by atoms with van der Waals surface area (Å²) in [6.07, 6.45) is 10.3. The minimum absolute atomic E-state index is 0.00632. The van der Waals surface area contributed by atoms with Gasteiger partial charge in [-0.05, 0) is 86.7 Å². The number of carboxylic acid groups (broad SMARTS) is 1. The van der Waals surface area contributed by atoms with Gasteiger partial charge < -0.3 is 54.2 Å². The summed E-state index contributed by atoms with van der Waals surface area (Å²) < 4.78 is 34.6. The molecule has 0 unspecified atom stereocenters. The lowest BCUT2D eigenvalue weighted by Crippen LogP contribution is -2.91. The van der Waals surface area contributed by atoms with Gasteiger partial charge in [-0.15, -0.1) is 0 Å². The smallest absolute Gasteiger partial charge is 0.333 e. The van der Waals surface area contributed by atoms with Crippen LogP contribution in [0.25, 0.3) is 11.3 Å². The summed E-state index contributed by atoms with van der Waals surface area (Å²) >= 11 is 0. The molecule has 4 saturated heterocycles. The van der Waals surface area contributed by atoms with Crippen molar-refractivity contribution in [1.82, 2.24) is 4.98 Å². The molecule has 14 atom stereocenters. The van der Waals surface area contributed by atoms with Crippen LogP contribution < -0.4 is 10.6 Å². The Morgan fingerprint density at radius 2 is 1.89 bits per heavy atom. The maximum atomic E-state index is 13.6. The van der Waals surface area contributed by atoms with E-state index in [-0.39, 0.29) is 55.8 Å². The van der Waals surface area contributed by atoms with Gasteiger partial charge in [0.1, 0.15) is 23.6 Å². The van der Waals surface area contributed by atoms with Crippen molar-refractivity contribution < 1.29 is 58.8 Å². The number of hydrogen-bond donors (Lipinski definition) is 6. The van der Waals surface area contributed by atoms with Gasteiger partial charge in [0.2, 0.25) is 5.79 Å². The molecule has 6 heterocycles. The number of aromatic nitrogens is 1. The third-order valence-corrected chi connectivity index (χ3v) is 19.4. The number of esters is 1. The third-order valence-electron chi connectivity index (χ3n) is 16.8. The number of H-pyrrole nitrogens is 1. The molecule has 2 spiro atoms. The van der Waals surface area contributed by atoms with Gasteiger partial charge in [0, 0.05) is 71.3 Å². The van der Waals surface area contributed by atoms with E-state index in [4.69, 9.17) is 23.7 Å². The first-order valence-corrected chi connectivity index (χ1v) is 25.6. The van der Waals surface area contributed by atoms with Crippen LogP contribution in [-0.2, 0) is 33.3 Å². The number of aliphatic carboxylic acids is 1. The van der Waals surface area contributed by atoms with E-state index >= 15 is 0 Å². The molecule has 0 amide bonds. The molecule has 0 aromatic carbocycles. The number of carbonyl (C=O) groups is 2. The van der Waals surface area contributed by atoms with Gasteiger partial charge in [0.05, 0.1) is 31.6 Å². The summed E-state index contributed by atoms with van der Waals surface area (Å²) in [5, 5.41) is 62.7. The number of aliphatic hydroxyl groups is 4. The predicted molar refractivity (Wildman–Crippen MR) is 232 cm³/mol. The minimum atomic E-state index is -2.22. The van der Waals surface area contributed by atoms with Gasteiger partial charge in [0.15, 0.2) is 11.2 Å². The first-order valence-electron chi connectivity index (χ1n) is 23.1. The van der Waals surface area contributed by atoms with Crippen molar-refractivity contribution in [3.05, 3.63) is 46.1 Å². The zero-order chi connectivity index (χ0) is 43.2. The standard InChI is InChI=1S/C47H63NO12S2/c1-25(27-8-4-3-5-9-27)36-19-34-35-13-14-44(55)43(54)46(35)45-24-57-15-7-11-28-10-6-12-30-32(20-39(51)52)33(42(53)56-2)18-31(28)41(30)59-47(44,60-45)38(50)17-29(45)23-62-61-22-26(21-49)16-37(58-46)40(34)48-36/h6,12,18-19,25-32,38,41,43,48-50,54-55H,3-5,7-11,13-17,20-24H2,1-2H3,(H,51,52)/t25-,26-,28-,29+,30-,31+,32+,38+,41+,43-,44-,45+,46+,47-/m1/s1. The second kappa shape index (κ2) is 16.5. The van der Waals surface area contributed by atoms with Crippen molar-refractivity contribution in [1.29, 1.82) is 0 Å². The highest BCUT2D eigenvalue weighted by molar-refractivity contribution is 8.76. The van der Waals surface area contributed by atoms with Crippen LogP contribution in [0.2, 0.25) is 0 Å². The van der Waals surface area contributed by atoms with Crippen LogP contribution >= 0.6 is 21.6 Å². The van der Waals surface area contributed by atoms with E-state index in [1.807, 2.05) is 18.2 Å². The average Bonchev–Trinajstić information content (AvgIpc) is 3.66. The largest absolute Gasteiger partial charge is 0.481 e. The molecule has 10 rings (SSSR count). The quantitative estimate of drug-likeness (QED) is 0.136. The molecule has 2 saturated carbocycles. The molecule has 9 bridgehead atoms. The van der Waals surface area contributed by atoms with E-state index in [9.17, 15) is 35.1 Å². The number of aliphatic hydroxyl groups excluding tert-OH is 3. The fourth-order valence-electron chi connectivity index (χ4n) is 13.6. The number of carbonyl (C=O) groups excluding carboxylic acids is 1. The van der Waals surface area contributed by atoms with Crippen LogP contribution in [0, 0.1) is 41.4 Å². The van der Waals surface area contributed by atoms with Gasteiger partial charge in [-0.3, -0.25) is 4.79 Å². The summed E-state index contributed by atoms with van der Waals surface area (Å²) in [5.41, 5.74) is -3.16. The van der Waals surface area contributed by atoms with Crippen LogP contribution in [0.5, 0.6) is 0 Å². The predicted octanol–water partition coefficient (Wildman–Crippen LogP) is 4.06. The summed E-state index contributed by atoms with van der Waals surface area (Å²) in [5.74, 6) is -3.97. The maximum Gasteiger partial charge on any atom is 0.333 e. The molecule has 9 aliphatic rings. The topological polar surface area (TPSA) is 197 Å². The lowest BCUT2D eigenvalue weighted by Gasteiger charge is -2.73. The van der Waals surface area contributed by atoms with Crippen molar-refractivity contribution in [2.24, 2.45) is 41.4 Å². The van der Waals surface area contributed by atoms with Gasteiger partial charge in [0.25, 0.3) is 0 Å². The van der Waals surface area contributed by atoms with Crippen LogP contribution in [0.15, 0.2) is 29.9 Å². The third kappa shape index (κ3) is 6.43. The lowest BCUT2D eigenvalue weighted by atomic mass is 9.50. The Bertz CT molecular complexity index is 2120. The number of nitrogens with one attached hydrogen (secondary N) is 1. The Kier molecular flexibility index (Phi) is 11.6. The molecule has 13 nitrogen and oxygen atoms in total. The van der Waals surface area contributed by atoms with E-state index in [0.29, 0.717) is 61.9 Å². The highest BCUT2D eigenvalue weighted by Crippen LogP contribution is 2.68. The lowest BCUT2D eigenvalue weighted by molar-refractivity contribution is -0.497. The van der Waals surface area contributed by atoms with Crippen LogP contribution in [0.1, 0.15) is 102 Å². The molecule has 6 fully saturated rings. The number of allylic oxidation sites excluding steroid dienone is 1. The second-order valence-electron chi connectivity index (χ2n) is 19.9. The Balaban J connectivity index is 1.19. The molecule has 1 aromatic rings. The molecule has 4 aliphatic carbocycles. The molecular formula is C47H63NO12S2. The monoisotopic (exact) mass is 897 g/mol. The van der Waals surface area contributed by atoms with Crippen molar-refractivity contribution in [2.75, 3.05) is 38.4 Å². The van der Waals surface area contributed by atoms with Crippen LogP contribution in [-0.4, -0.2) is 122 Å². The summed E-state index contributed by atoms with van der Waals surface area (Å²) in [6, 6.07) is 2.24. The van der Waals surface area contributed by atoms with E-state index in [2.05, 4.69) is 18.0 Å². The molecule has 340 valence electrons. The maximum absolute atomic E-state index is 13.6. The fraction of sp³-hybridized carbons (Fsp3) is 0.745. The van der Waals surface area contributed by atoms with Gasteiger partial charge in [-0.1, -0.05) is 66.0 Å². The zero-order valence-electron chi connectivity index (χ0n) is 35.8. The number of aromatic amines is 1. The van der Waals surface area contributed by atoms with E-state index in [1.54, 1.807) is 21.6 Å². The first kappa shape index (κ1) is 43.5. The summed E-state index contributed by atoms with van der Waals surface area (Å²) in [4.78, 5) is 29.8. The molecule has 1 aromatic heterocycles. The molecule has 0 radical (unpaired) electrons. The van der Waals surface area contributed by atoms with Gasteiger partial charge in [-0.2, -0.15) is 0 Å². The fourth-order valence-corrected chi connectivity index (χ4v) is 16.4. The van der Waals surface area contributed by atoms with Gasteiger partial charge >= 0.3 is 11.9 Å². The number of fused-ring (bicyclic) bond motifs is 3. The molecule has 62 heavy (non-hydrogen) atoms. The number of carboxylic acids is 1. The van der Waals surface area contributed by atoms with Crippen molar-refractivity contribution in [3.63, 3.8) is 0 Å². The van der Waals surface area contributed by atoms with E-state index < -0.39 is 76.5 Å². The minimum Gasteiger partial charge on any atom is -0.481 e. The second-order valence-corrected chi connectivity index (χ2v) is 22.4. The SMILES string of the molecule is COC(=O)C1=C[C@H]2[C@@H]3CC=C[C@@H]([C@@H]2O[C@]24O[C@@]5(COCCC3)[C@H](CSSC[C@@H](CO)CC3=c6[nH]c([C@H](C)C7CCCCC7)cc6=C6CC[C@@]2(O)[C@@H](O)[C@@]65O3)C[C@@H]4O)[C@@H]1CC(=O)O. The van der Waals surface area contributed by atoms with Crippen molar-refractivity contribution in [3.8, 4) is 0 Å². The first-order chi connectivity index (χ1) is 29.9. The highest BCUT2D eigenvalue weighted by Gasteiger charge is 2.85. The Labute approximate surface area is 370 Å². The van der Waals surface area contributed by atoms with Crippen molar-refractivity contribution in [2.45, 2.75) is 137 Å². The Morgan fingerprint density at radius 1 is 1.08 bits per heavy atom. The number of hydrogen-bond acceptors (Lipinski definition) is 13. The van der Waals surface area contributed by atoms with Gasteiger partial charge in [-0.25, -0.2) is 4.79 Å². The summed E-state index contributed by atoms with van der Waals surface area (Å²) in [6.45, 7) is 2.59. The molecule has 15 heteroatoms. The molecular weight excluding hydrogens is 835 g/mol. The normalized spacial score (nSPS) is 43.3. The van der Waals surface area contributed by atoms with Crippen LogP contribution in [0.4, 0.5) is 0 Å². The number of rotatable bonds is 6. The van der Waals surface area contributed by atoms with E-state index in [0.717, 1.165) is 21.8 Å². The number of ether oxygens (including phenoxy) is 5. The summed E-state index contributed by atoms with van der Waals surface area (Å²) in [7, 11) is 4.59. The Morgan fingerprint density at radius 3 is 2.66 bits per heavy atom. The molecule has 5 aliphatic heterocycles. The van der Waals surface area contributed by atoms with Crippen molar-refractivity contribution >= 4 is 44.9 Å². The number of methoxy groups -OCH3 is 1. The van der Waals surface area contributed by atoms with Crippen LogP contribution in [0.3, 0.4) is 0 Å². The highest BCUT2D eigenvalue weighted by atomic mass is 33.1. The van der Waals surface area contributed by atoms with E-state index in [1.165, 1.54) is 39.2 Å².